The molecule has 0 spiro atoms. The van der Waals surface area contributed by atoms with Gasteiger partial charge in [0.25, 0.3) is 5.91 Å². The van der Waals surface area contributed by atoms with Crippen LogP contribution in [0, 0.1) is 13.8 Å². The van der Waals surface area contributed by atoms with Crippen LogP contribution in [0.4, 0.5) is 5.69 Å². The lowest BCUT2D eigenvalue weighted by Crippen LogP contribution is -2.34. The van der Waals surface area contributed by atoms with Crippen LogP contribution >= 0.6 is 12.2 Å². The van der Waals surface area contributed by atoms with Crippen molar-refractivity contribution in [1.29, 1.82) is 0 Å². The fraction of sp³-hybridized carbons (Fsp3) is 0.364. The summed E-state index contributed by atoms with van der Waals surface area (Å²) in [4.78, 5) is 12.3. The van der Waals surface area contributed by atoms with Gasteiger partial charge >= 0.3 is 0 Å². The molecule has 144 valence electrons. The van der Waals surface area contributed by atoms with Gasteiger partial charge in [-0.1, -0.05) is 32.3 Å². The van der Waals surface area contributed by atoms with Gasteiger partial charge in [0.1, 0.15) is 5.75 Å². The molecule has 0 radical (unpaired) electrons. The van der Waals surface area contributed by atoms with E-state index < -0.39 is 0 Å². The van der Waals surface area contributed by atoms with E-state index >= 15 is 0 Å². The molecule has 0 saturated carbocycles. The molecule has 0 aliphatic rings. The van der Waals surface area contributed by atoms with Crippen molar-refractivity contribution in [3.8, 4) is 5.75 Å². The maximum Gasteiger partial charge on any atom is 0.257 e. The Balaban J connectivity index is 1.83. The quantitative estimate of drug-likeness (QED) is 0.473. The Morgan fingerprint density at radius 1 is 1.00 bits per heavy atom. The minimum absolute atomic E-state index is 0.244. The van der Waals surface area contributed by atoms with Gasteiger partial charge in [-0.3, -0.25) is 10.1 Å². The molecule has 4 nitrogen and oxygen atoms in total. The lowest BCUT2D eigenvalue weighted by Gasteiger charge is -2.11. The summed E-state index contributed by atoms with van der Waals surface area (Å²) in [5.74, 6) is 0.533. The third kappa shape index (κ3) is 7.39. The minimum Gasteiger partial charge on any atom is -0.494 e. The Hall–Kier alpha value is -2.40. The first-order chi connectivity index (χ1) is 13.0. The number of amides is 1. The van der Waals surface area contributed by atoms with Gasteiger partial charge in [0.2, 0.25) is 0 Å². The SMILES string of the molecule is CCCCCCOc1ccc(C(=O)NC(=S)Nc2cc(C)cc(C)c2)cc1. The van der Waals surface area contributed by atoms with Crippen molar-refractivity contribution in [2.45, 2.75) is 46.5 Å². The number of hydrogen-bond donors (Lipinski definition) is 2. The summed E-state index contributed by atoms with van der Waals surface area (Å²) in [6.45, 7) is 6.93. The van der Waals surface area contributed by atoms with E-state index in [-0.39, 0.29) is 11.0 Å². The molecule has 0 unspecified atom stereocenters. The first kappa shape index (κ1) is 20.9. The second kappa shape index (κ2) is 10.7. The van der Waals surface area contributed by atoms with E-state index in [0.717, 1.165) is 29.0 Å². The maximum absolute atomic E-state index is 12.3. The minimum atomic E-state index is -0.244. The molecule has 0 atom stereocenters. The molecule has 1 amide bonds. The average Bonchev–Trinajstić information content (AvgIpc) is 2.61. The molecular formula is C22H28N2O2S. The number of nitrogens with one attached hydrogen (secondary N) is 2. The van der Waals surface area contributed by atoms with Crippen LogP contribution in [-0.2, 0) is 0 Å². The molecule has 27 heavy (non-hydrogen) atoms. The number of aryl methyl sites for hydroxylation is 2. The molecule has 0 heterocycles. The van der Waals surface area contributed by atoms with Crippen molar-refractivity contribution >= 4 is 28.9 Å². The topological polar surface area (TPSA) is 50.4 Å². The Labute approximate surface area is 167 Å². The Morgan fingerprint density at radius 2 is 1.67 bits per heavy atom. The predicted molar refractivity (Wildman–Crippen MR) is 116 cm³/mol. The van der Waals surface area contributed by atoms with E-state index in [0.29, 0.717) is 12.2 Å². The van der Waals surface area contributed by atoms with E-state index in [1.165, 1.54) is 19.3 Å². The predicted octanol–water partition coefficient (Wildman–Crippen LogP) is 5.39. The summed E-state index contributed by atoms with van der Waals surface area (Å²) in [7, 11) is 0. The zero-order valence-corrected chi connectivity index (χ0v) is 17.1. The molecule has 2 N–H and O–H groups in total. The molecule has 0 aliphatic carbocycles. The van der Waals surface area contributed by atoms with Crippen LogP contribution < -0.4 is 15.4 Å². The van der Waals surface area contributed by atoms with Gasteiger partial charge in [0.05, 0.1) is 6.61 Å². The average molecular weight is 385 g/mol. The summed E-state index contributed by atoms with van der Waals surface area (Å²) in [6.07, 6.45) is 4.68. The number of ether oxygens (including phenoxy) is 1. The van der Waals surface area contributed by atoms with Crippen molar-refractivity contribution in [2.75, 3.05) is 11.9 Å². The van der Waals surface area contributed by atoms with E-state index in [1.54, 1.807) is 12.1 Å². The molecule has 0 aliphatic heterocycles. The van der Waals surface area contributed by atoms with Crippen LogP contribution in [-0.4, -0.2) is 17.6 Å². The Kier molecular flexibility index (Phi) is 8.27. The summed E-state index contributed by atoms with van der Waals surface area (Å²) >= 11 is 5.25. The fourth-order valence-electron chi connectivity index (χ4n) is 2.81. The standard InChI is InChI=1S/C22H28N2O2S/c1-4-5-6-7-12-26-20-10-8-18(9-11-20)21(25)24-22(27)23-19-14-16(2)13-17(3)15-19/h8-11,13-15H,4-7,12H2,1-3H3,(H2,23,24,25,27). The number of unbranched alkanes of at least 4 members (excludes halogenated alkanes) is 3. The summed E-state index contributed by atoms with van der Waals surface area (Å²) in [6, 6.07) is 13.2. The molecule has 2 aromatic rings. The lowest BCUT2D eigenvalue weighted by molar-refractivity contribution is 0.0977. The lowest BCUT2D eigenvalue weighted by atomic mass is 10.1. The number of anilines is 1. The van der Waals surface area contributed by atoms with Crippen molar-refractivity contribution < 1.29 is 9.53 Å². The van der Waals surface area contributed by atoms with Gasteiger partial charge in [-0.05, 0) is 80.0 Å². The first-order valence-corrected chi connectivity index (χ1v) is 9.82. The Morgan fingerprint density at radius 3 is 2.30 bits per heavy atom. The second-order valence-electron chi connectivity index (χ2n) is 6.72. The van der Waals surface area contributed by atoms with Crippen molar-refractivity contribution in [1.82, 2.24) is 5.32 Å². The third-order valence-electron chi connectivity index (χ3n) is 4.09. The molecule has 5 heteroatoms. The fourth-order valence-corrected chi connectivity index (χ4v) is 3.02. The second-order valence-corrected chi connectivity index (χ2v) is 7.13. The van der Waals surface area contributed by atoms with Gasteiger partial charge in [-0.15, -0.1) is 0 Å². The largest absolute Gasteiger partial charge is 0.494 e. The molecule has 0 bridgehead atoms. The number of benzene rings is 2. The zero-order chi connectivity index (χ0) is 19.6. The van der Waals surface area contributed by atoms with Gasteiger partial charge in [-0.25, -0.2) is 0 Å². The molecule has 2 aromatic carbocycles. The summed E-state index contributed by atoms with van der Waals surface area (Å²) in [5.41, 5.74) is 3.68. The normalized spacial score (nSPS) is 10.3. The number of thiocarbonyl (C=S) groups is 1. The maximum atomic E-state index is 12.3. The highest BCUT2D eigenvalue weighted by molar-refractivity contribution is 7.80. The Bertz CT molecular complexity index is 752. The van der Waals surface area contributed by atoms with Crippen molar-refractivity contribution in [2.24, 2.45) is 0 Å². The molecule has 0 saturated heterocycles. The first-order valence-electron chi connectivity index (χ1n) is 9.41. The smallest absolute Gasteiger partial charge is 0.257 e. The van der Waals surface area contributed by atoms with Crippen LogP contribution in [0.15, 0.2) is 42.5 Å². The van der Waals surface area contributed by atoms with Gasteiger partial charge < -0.3 is 10.1 Å². The number of hydrogen-bond acceptors (Lipinski definition) is 3. The monoisotopic (exact) mass is 384 g/mol. The third-order valence-corrected chi connectivity index (χ3v) is 4.29. The van der Waals surface area contributed by atoms with Gasteiger partial charge in [-0.2, -0.15) is 0 Å². The molecular weight excluding hydrogens is 356 g/mol. The highest BCUT2D eigenvalue weighted by atomic mass is 32.1. The number of rotatable bonds is 8. The van der Waals surface area contributed by atoms with Gasteiger partial charge in [0.15, 0.2) is 5.11 Å². The van der Waals surface area contributed by atoms with Gasteiger partial charge in [0, 0.05) is 11.3 Å². The summed E-state index contributed by atoms with van der Waals surface area (Å²) < 4.78 is 5.70. The highest BCUT2D eigenvalue weighted by Gasteiger charge is 2.08. The molecule has 2 rings (SSSR count). The van der Waals surface area contributed by atoms with Crippen LogP contribution in [0.1, 0.15) is 54.1 Å². The molecule has 0 aromatic heterocycles. The number of carbonyl (C=O) groups excluding carboxylic acids is 1. The molecule has 0 fully saturated rings. The number of carbonyl (C=O) groups is 1. The van der Waals surface area contributed by atoms with Crippen molar-refractivity contribution in [3.05, 3.63) is 59.2 Å². The summed E-state index contributed by atoms with van der Waals surface area (Å²) in [5, 5.41) is 6.04. The van der Waals surface area contributed by atoms with E-state index in [9.17, 15) is 4.79 Å². The van der Waals surface area contributed by atoms with Crippen LogP contribution in [0.3, 0.4) is 0 Å². The van der Waals surface area contributed by atoms with E-state index in [4.69, 9.17) is 17.0 Å². The van der Waals surface area contributed by atoms with E-state index in [1.807, 2.05) is 38.1 Å². The highest BCUT2D eigenvalue weighted by Crippen LogP contribution is 2.15. The van der Waals surface area contributed by atoms with Crippen molar-refractivity contribution in [3.63, 3.8) is 0 Å². The zero-order valence-electron chi connectivity index (χ0n) is 16.3. The van der Waals surface area contributed by atoms with Crippen LogP contribution in [0.2, 0.25) is 0 Å². The van der Waals surface area contributed by atoms with Crippen LogP contribution in [0.25, 0.3) is 0 Å². The van der Waals surface area contributed by atoms with Crippen LogP contribution in [0.5, 0.6) is 5.75 Å². The van der Waals surface area contributed by atoms with E-state index in [2.05, 4.69) is 23.6 Å².